The standard InChI is InChI=1S/C27H35ClFN3O5/c1-30-22(13-18-5-4-11-36-17-18)16-32-26(33)23-15-20(8-9-24(23)29)25(19-6-3-7-21(28)14-19)37-12-10-31-27(34)35-2/h3,6-9,14-15,18,22,25,30H,4-5,10-13,16-17H2,1-2H3,(H,31,34)(H,32,33). The zero-order chi connectivity index (χ0) is 26.6. The number of rotatable bonds is 12. The van der Waals surface area contributed by atoms with Crippen LogP contribution in [-0.2, 0) is 14.2 Å². The number of amides is 2. The van der Waals surface area contributed by atoms with Gasteiger partial charge in [-0.2, -0.15) is 0 Å². The number of carbonyl (C=O) groups excluding carboxylic acids is 2. The normalized spacial score (nSPS) is 17.0. The Morgan fingerprint density at radius 2 is 2.00 bits per heavy atom. The van der Waals surface area contributed by atoms with Crippen LogP contribution in [0.2, 0.25) is 5.02 Å². The maximum atomic E-state index is 14.7. The van der Waals surface area contributed by atoms with Gasteiger partial charge in [-0.25, -0.2) is 9.18 Å². The first-order valence-electron chi connectivity index (χ1n) is 12.4. The Labute approximate surface area is 222 Å². The number of halogens is 2. The van der Waals surface area contributed by atoms with E-state index in [1.54, 1.807) is 24.3 Å². The minimum Gasteiger partial charge on any atom is -0.453 e. The predicted molar refractivity (Wildman–Crippen MR) is 139 cm³/mol. The van der Waals surface area contributed by atoms with Crippen LogP contribution in [0.3, 0.4) is 0 Å². The molecule has 0 aliphatic carbocycles. The van der Waals surface area contributed by atoms with Crippen LogP contribution in [0.25, 0.3) is 0 Å². The molecule has 2 amide bonds. The molecule has 37 heavy (non-hydrogen) atoms. The highest BCUT2D eigenvalue weighted by Crippen LogP contribution is 2.29. The van der Waals surface area contributed by atoms with Crippen molar-refractivity contribution in [3.63, 3.8) is 0 Å². The molecule has 10 heteroatoms. The Balaban J connectivity index is 1.71. The molecule has 3 atom stereocenters. The van der Waals surface area contributed by atoms with Gasteiger partial charge in [-0.1, -0.05) is 29.8 Å². The lowest BCUT2D eigenvalue weighted by molar-refractivity contribution is 0.0478. The van der Waals surface area contributed by atoms with Gasteiger partial charge in [-0.3, -0.25) is 4.79 Å². The quantitative estimate of drug-likeness (QED) is 0.354. The van der Waals surface area contributed by atoms with Crippen molar-refractivity contribution in [2.75, 3.05) is 47.1 Å². The van der Waals surface area contributed by atoms with Crippen molar-refractivity contribution in [3.8, 4) is 0 Å². The van der Waals surface area contributed by atoms with E-state index in [1.807, 2.05) is 13.1 Å². The Bertz CT molecular complexity index is 1030. The van der Waals surface area contributed by atoms with E-state index in [1.165, 1.54) is 19.2 Å². The third kappa shape index (κ3) is 8.96. The van der Waals surface area contributed by atoms with Crippen molar-refractivity contribution >= 4 is 23.6 Å². The van der Waals surface area contributed by atoms with E-state index in [0.29, 0.717) is 23.0 Å². The topological polar surface area (TPSA) is 97.9 Å². The first kappa shape index (κ1) is 28.8. The smallest absolute Gasteiger partial charge is 0.406 e. The van der Waals surface area contributed by atoms with Crippen LogP contribution >= 0.6 is 11.6 Å². The summed E-state index contributed by atoms with van der Waals surface area (Å²) >= 11 is 6.19. The van der Waals surface area contributed by atoms with Crippen LogP contribution in [0.4, 0.5) is 9.18 Å². The molecule has 0 radical (unpaired) electrons. The molecule has 0 saturated carbocycles. The molecule has 1 aliphatic rings. The molecule has 3 N–H and O–H groups in total. The van der Waals surface area contributed by atoms with E-state index in [4.69, 9.17) is 21.1 Å². The van der Waals surface area contributed by atoms with Gasteiger partial charge in [0, 0.05) is 37.4 Å². The second-order valence-electron chi connectivity index (χ2n) is 8.98. The molecule has 0 bridgehead atoms. The lowest BCUT2D eigenvalue weighted by Gasteiger charge is -2.26. The maximum absolute atomic E-state index is 14.7. The van der Waals surface area contributed by atoms with Gasteiger partial charge in [-0.05, 0) is 67.6 Å². The summed E-state index contributed by atoms with van der Waals surface area (Å²) in [5.41, 5.74) is 1.24. The van der Waals surface area contributed by atoms with Crippen LogP contribution in [0, 0.1) is 11.7 Å². The number of alkyl carbamates (subject to hydrolysis) is 1. The van der Waals surface area contributed by atoms with Crippen molar-refractivity contribution in [2.24, 2.45) is 5.92 Å². The van der Waals surface area contributed by atoms with E-state index in [-0.39, 0.29) is 24.8 Å². The second-order valence-corrected chi connectivity index (χ2v) is 9.41. The van der Waals surface area contributed by atoms with E-state index < -0.39 is 23.9 Å². The highest BCUT2D eigenvalue weighted by atomic mass is 35.5. The molecule has 3 rings (SSSR count). The SMILES string of the molecule is CNC(CNC(=O)c1cc(C(OCCNC(=O)OC)c2cccc(Cl)c2)ccc1F)CC1CCCOC1. The number of methoxy groups -OCH3 is 1. The summed E-state index contributed by atoms with van der Waals surface area (Å²) in [4.78, 5) is 24.3. The molecule has 1 heterocycles. The predicted octanol–water partition coefficient (Wildman–Crippen LogP) is 4.08. The molecule has 202 valence electrons. The van der Waals surface area contributed by atoms with Gasteiger partial charge >= 0.3 is 6.09 Å². The van der Waals surface area contributed by atoms with E-state index in [2.05, 4.69) is 20.7 Å². The minimum atomic E-state index is -0.637. The Morgan fingerprint density at radius 1 is 1.19 bits per heavy atom. The van der Waals surface area contributed by atoms with Crippen molar-refractivity contribution < 1.29 is 28.2 Å². The second kappa shape index (κ2) is 14.9. The minimum absolute atomic E-state index is 0.0479. The Hall–Kier alpha value is -2.72. The molecular weight excluding hydrogens is 501 g/mol. The molecule has 0 aromatic heterocycles. The third-order valence-corrected chi connectivity index (χ3v) is 6.56. The first-order valence-corrected chi connectivity index (χ1v) is 12.8. The monoisotopic (exact) mass is 535 g/mol. The number of hydrogen-bond donors (Lipinski definition) is 3. The Morgan fingerprint density at radius 3 is 2.70 bits per heavy atom. The van der Waals surface area contributed by atoms with Crippen LogP contribution in [0.1, 0.15) is 46.9 Å². The fourth-order valence-corrected chi connectivity index (χ4v) is 4.55. The number of carbonyl (C=O) groups is 2. The summed E-state index contributed by atoms with van der Waals surface area (Å²) in [5.74, 6) is -0.690. The van der Waals surface area contributed by atoms with E-state index in [9.17, 15) is 14.0 Å². The Kier molecular flexibility index (Phi) is 11.6. The van der Waals surface area contributed by atoms with Gasteiger partial charge in [0.2, 0.25) is 0 Å². The zero-order valence-electron chi connectivity index (χ0n) is 21.2. The third-order valence-electron chi connectivity index (χ3n) is 6.32. The van der Waals surface area contributed by atoms with Gasteiger partial charge in [-0.15, -0.1) is 0 Å². The molecule has 3 unspecified atom stereocenters. The highest BCUT2D eigenvalue weighted by molar-refractivity contribution is 6.30. The maximum Gasteiger partial charge on any atom is 0.406 e. The van der Waals surface area contributed by atoms with Gasteiger partial charge in [0.15, 0.2) is 0 Å². The van der Waals surface area contributed by atoms with Crippen molar-refractivity contribution in [1.29, 1.82) is 0 Å². The van der Waals surface area contributed by atoms with Crippen LogP contribution in [0.5, 0.6) is 0 Å². The number of benzene rings is 2. The summed E-state index contributed by atoms with van der Waals surface area (Å²) in [6, 6.07) is 11.5. The molecule has 2 aromatic rings. The number of hydrogen-bond acceptors (Lipinski definition) is 6. The highest BCUT2D eigenvalue weighted by Gasteiger charge is 2.22. The molecule has 1 aliphatic heterocycles. The summed E-state index contributed by atoms with van der Waals surface area (Å²) in [7, 11) is 3.13. The molecule has 8 nitrogen and oxygen atoms in total. The lowest BCUT2D eigenvalue weighted by atomic mass is 9.94. The summed E-state index contributed by atoms with van der Waals surface area (Å²) in [5, 5.41) is 9.16. The van der Waals surface area contributed by atoms with Crippen LogP contribution < -0.4 is 16.0 Å². The van der Waals surface area contributed by atoms with Gasteiger partial charge in [0.1, 0.15) is 11.9 Å². The van der Waals surface area contributed by atoms with Gasteiger partial charge in [0.25, 0.3) is 5.91 Å². The number of ether oxygens (including phenoxy) is 3. The summed E-state index contributed by atoms with van der Waals surface area (Å²) in [6.45, 7) is 2.25. The van der Waals surface area contributed by atoms with Gasteiger partial charge in [0.05, 0.1) is 19.3 Å². The lowest BCUT2D eigenvalue weighted by Crippen LogP contribution is -2.41. The van der Waals surface area contributed by atoms with Gasteiger partial charge < -0.3 is 30.2 Å². The number of likely N-dealkylation sites (N-methyl/N-ethyl adjacent to an activating group) is 1. The molecular formula is C27H35ClFN3O5. The molecule has 1 saturated heterocycles. The fraction of sp³-hybridized carbons (Fsp3) is 0.481. The van der Waals surface area contributed by atoms with Crippen LogP contribution in [-0.4, -0.2) is 65.1 Å². The first-order chi connectivity index (χ1) is 17.9. The van der Waals surface area contributed by atoms with Crippen molar-refractivity contribution in [3.05, 3.63) is 70.0 Å². The van der Waals surface area contributed by atoms with Crippen LogP contribution in [0.15, 0.2) is 42.5 Å². The zero-order valence-corrected chi connectivity index (χ0v) is 22.0. The fourth-order valence-electron chi connectivity index (χ4n) is 4.35. The van der Waals surface area contributed by atoms with Crippen molar-refractivity contribution in [1.82, 2.24) is 16.0 Å². The largest absolute Gasteiger partial charge is 0.453 e. The molecule has 2 aromatic carbocycles. The summed E-state index contributed by atoms with van der Waals surface area (Å²) in [6.07, 6.45) is 1.80. The average Bonchev–Trinajstić information content (AvgIpc) is 2.91. The van der Waals surface area contributed by atoms with E-state index in [0.717, 1.165) is 38.0 Å². The average molecular weight is 536 g/mol. The molecule has 0 spiro atoms. The van der Waals surface area contributed by atoms with E-state index >= 15 is 0 Å². The molecule has 1 fully saturated rings. The summed E-state index contributed by atoms with van der Waals surface area (Å²) < 4.78 is 30.9. The number of nitrogens with one attached hydrogen (secondary N) is 3. The van der Waals surface area contributed by atoms with Crippen molar-refractivity contribution in [2.45, 2.75) is 31.4 Å².